The van der Waals surface area contributed by atoms with Crippen LogP contribution in [-0.4, -0.2) is 47.6 Å². The minimum Gasteiger partial charge on any atom is -0.371 e. The summed E-state index contributed by atoms with van der Waals surface area (Å²) >= 11 is 0. The molecule has 1 saturated carbocycles. The molecule has 0 N–H and O–H groups in total. The third kappa shape index (κ3) is 3.67. The van der Waals surface area contributed by atoms with Gasteiger partial charge in [0.05, 0.1) is 0 Å². The van der Waals surface area contributed by atoms with Crippen LogP contribution in [0.2, 0.25) is 0 Å². The zero-order valence-corrected chi connectivity index (χ0v) is 14.6. The van der Waals surface area contributed by atoms with Crippen LogP contribution in [0.25, 0.3) is 0 Å². The predicted molar refractivity (Wildman–Crippen MR) is 94.6 cm³/mol. The number of amides is 1. The molecule has 6 heteroatoms. The summed E-state index contributed by atoms with van der Waals surface area (Å²) in [7, 11) is 1.86. The molecular formula is C19H24N4O2. The number of piperidine rings is 1. The number of rotatable bonds is 5. The van der Waals surface area contributed by atoms with E-state index in [9.17, 15) is 4.79 Å². The predicted octanol–water partition coefficient (Wildman–Crippen LogP) is 2.94. The Balaban J connectivity index is 1.29. The van der Waals surface area contributed by atoms with Crippen molar-refractivity contribution in [2.24, 2.45) is 5.92 Å². The molecule has 0 atom stereocenters. The Morgan fingerprint density at radius 3 is 2.64 bits per heavy atom. The average molecular weight is 340 g/mol. The van der Waals surface area contributed by atoms with Crippen LogP contribution >= 0.6 is 0 Å². The Morgan fingerprint density at radius 2 is 1.96 bits per heavy atom. The highest BCUT2D eigenvalue weighted by Gasteiger charge is 2.30. The molecule has 3 heterocycles. The number of hydrogen-bond acceptors (Lipinski definition) is 5. The van der Waals surface area contributed by atoms with Crippen molar-refractivity contribution < 1.29 is 9.32 Å². The van der Waals surface area contributed by atoms with Crippen molar-refractivity contribution in [1.82, 2.24) is 15.0 Å². The largest absolute Gasteiger partial charge is 0.371 e. The Hall–Kier alpha value is -2.37. The maximum absolute atomic E-state index is 12.5. The zero-order chi connectivity index (χ0) is 17.2. The molecule has 0 bridgehead atoms. The molecule has 1 saturated heterocycles. The van der Waals surface area contributed by atoms with Crippen molar-refractivity contribution in [3.05, 3.63) is 42.0 Å². The van der Waals surface area contributed by atoms with Gasteiger partial charge in [-0.25, -0.2) is 0 Å². The summed E-state index contributed by atoms with van der Waals surface area (Å²) in [6, 6.07) is 5.93. The van der Waals surface area contributed by atoms with Crippen LogP contribution in [0.3, 0.4) is 0 Å². The number of carbonyl (C=O) groups is 1. The molecule has 2 fully saturated rings. The summed E-state index contributed by atoms with van der Waals surface area (Å²) in [5, 5.41) is 3.96. The summed E-state index contributed by atoms with van der Waals surface area (Å²) in [6.45, 7) is 2.81. The molecule has 25 heavy (non-hydrogen) atoms. The fourth-order valence-electron chi connectivity index (χ4n) is 3.54. The SMILES string of the molecule is CN(CC1CCN(c2ccncc2)CC1)C(=O)c1cc(C2CC2)on1. The molecule has 1 aliphatic carbocycles. The van der Waals surface area contributed by atoms with Gasteiger partial charge in [-0.3, -0.25) is 9.78 Å². The second kappa shape index (κ2) is 6.86. The molecule has 0 unspecified atom stereocenters. The van der Waals surface area contributed by atoms with E-state index in [2.05, 4.69) is 27.2 Å². The fraction of sp³-hybridized carbons (Fsp3) is 0.526. The molecule has 4 rings (SSSR count). The van der Waals surface area contributed by atoms with Crippen molar-refractivity contribution in [2.45, 2.75) is 31.6 Å². The van der Waals surface area contributed by atoms with Crippen molar-refractivity contribution in [3.8, 4) is 0 Å². The van der Waals surface area contributed by atoms with Gasteiger partial charge in [0.25, 0.3) is 5.91 Å². The van der Waals surface area contributed by atoms with Gasteiger partial charge in [0, 0.05) is 56.7 Å². The standard InChI is InChI=1S/C19H24N4O2/c1-22(19(24)17-12-18(25-21-17)15-2-3-15)13-14-6-10-23(11-7-14)16-4-8-20-9-5-16/h4-5,8-9,12,14-15H,2-3,6-7,10-11,13H2,1H3. The molecule has 0 aromatic carbocycles. The van der Waals surface area contributed by atoms with Crippen molar-refractivity contribution in [1.29, 1.82) is 0 Å². The van der Waals surface area contributed by atoms with Crippen molar-refractivity contribution in [3.63, 3.8) is 0 Å². The number of carbonyl (C=O) groups excluding carboxylic acids is 1. The molecular weight excluding hydrogens is 316 g/mol. The van der Waals surface area contributed by atoms with E-state index in [1.165, 1.54) is 5.69 Å². The number of anilines is 1. The van der Waals surface area contributed by atoms with E-state index in [-0.39, 0.29) is 5.91 Å². The molecule has 2 aromatic heterocycles. The number of nitrogens with zero attached hydrogens (tertiary/aromatic N) is 4. The van der Waals surface area contributed by atoms with Crippen LogP contribution in [0, 0.1) is 5.92 Å². The van der Waals surface area contributed by atoms with E-state index in [4.69, 9.17) is 4.52 Å². The lowest BCUT2D eigenvalue weighted by Gasteiger charge is -2.35. The van der Waals surface area contributed by atoms with Gasteiger partial charge in [-0.2, -0.15) is 0 Å². The number of hydrogen-bond donors (Lipinski definition) is 0. The summed E-state index contributed by atoms with van der Waals surface area (Å²) < 4.78 is 5.30. The minimum atomic E-state index is -0.0350. The topological polar surface area (TPSA) is 62.5 Å². The summed E-state index contributed by atoms with van der Waals surface area (Å²) in [4.78, 5) is 20.8. The second-order valence-electron chi connectivity index (χ2n) is 7.21. The highest BCUT2D eigenvalue weighted by atomic mass is 16.5. The van der Waals surface area contributed by atoms with E-state index in [1.807, 2.05) is 25.5 Å². The third-order valence-electron chi connectivity index (χ3n) is 5.25. The molecule has 1 aliphatic heterocycles. The maximum Gasteiger partial charge on any atom is 0.275 e. The lowest BCUT2D eigenvalue weighted by atomic mass is 9.96. The molecule has 0 radical (unpaired) electrons. The Kier molecular flexibility index (Phi) is 4.42. The van der Waals surface area contributed by atoms with Gasteiger partial charge in [-0.15, -0.1) is 0 Å². The van der Waals surface area contributed by atoms with Crippen LogP contribution in [0.5, 0.6) is 0 Å². The van der Waals surface area contributed by atoms with Crippen LogP contribution in [0.4, 0.5) is 5.69 Å². The third-order valence-corrected chi connectivity index (χ3v) is 5.25. The summed E-state index contributed by atoms with van der Waals surface area (Å²) in [5.74, 6) is 1.84. The molecule has 0 spiro atoms. The quantitative estimate of drug-likeness (QED) is 0.837. The lowest BCUT2D eigenvalue weighted by molar-refractivity contribution is 0.0754. The molecule has 2 aromatic rings. The van der Waals surface area contributed by atoms with Crippen LogP contribution < -0.4 is 4.90 Å². The first-order valence-corrected chi connectivity index (χ1v) is 9.08. The Morgan fingerprint density at radius 1 is 1.24 bits per heavy atom. The van der Waals surface area contributed by atoms with Gasteiger partial charge < -0.3 is 14.3 Å². The van der Waals surface area contributed by atoms with Crippen molar-refractivity contribution in [2.75, 3.05) is 31.6 Å². The lowest BCUT2D eigenvalue weighted by Crippen LogP contribution is -2.39. The Labute approximate surface area is 147 Å². The van der Waals surface area contributed by atoms with E-state index >= 15 is 0 Å². The van der Waals surface area contributed by atoms with Crippen LogP contribution in [-0.2, 0) is 0 Å². The van der Waals surface area contributed by atoms with Crippen LogP contribution in [0.15, 0.2) is 35.1 Å². The van der Waals surface area contributed by atoms with Gasteiger partial charge in [0.2, 0.25) is 0 Å². The fourth-order valence-corrected chi connectivity index (χ4v) is 3.54. The first kappa shape index (κ1) is 16.1. The van der Waals surface area contributed by atoms with Gasteiger partial charge >= 0.3 is 0 Å². The smallest absolute Gasteiger partial charge is 0.275 e. The van der Waals surface area contributed by atoms with E-state index < -0.39 is 0 Å². The first-order valence-electron chi connectivity index (χ1n) is 9.08. The minimum absolute atomic E-state index is 0.0350. The van der Waals surface area contributed by atoms with Crippen LogP contribution in [0.1, 0.15) is 47.8 Å². The molecule has 6 nitrogen and oxygen atoms in total. The van der Waals surface area contributed by atoms with Gasteiger partial charge in [-0.1, -0.05) is 5.16 Å². The number of pyridine rings is 1. The van der Waals surface area contributed by atoms with Gasteiger partial charge in [0.15, 0.2) is 5.69 Å². The van der Waals surface area contributed by atoms with Gasteiger partial charge in [-0.05, 0) is 43.7 Å². The number of aromatic nitrogens is 2. The first-order chi connectivity index (χ1) is 12.2. The van der Waals surface area contributed by atoms with Gasteiger partial charge in [0.1, 0.15) is 5.76 Å². The molecule has 132 valence electrons. The highest BCUT2D eigenvalue weighted by molar-refractivity contribution is 5.92. The summed E-state index contributed by atoms with van der Waals surface area (Å²) in [6.07, 6.45) is 8.14. The zero-order valence-electron chi connectivity index (χ0n) is 14.6. The Bertz CT molecular complexity index is 718. The maximum atomic E-state index is 12.5. The second-order valence-corrected chi connectivity index (χ2v) is 7.21. The van der Waals surface area contributed by atoms with E-state index in [0.717, 1.165) is 51.1 Å². The summed E-state index contributed by atoms with van der Waals surface area (Å²) in [5.41, 5.74) is 1.67. The monoisotopic (exact) mass is 340 g/mol. The normalized spacial score (nSPS) is 18.4. The van der Waals surface area contributed by atoms with E-state index in [0.29, 0.717) is 17.5 Å². The average Bonchev–Trinajstić information content (AvgIpc) is 3.39. The molecule has 2 aliphatic rings. The molecule has 1 amide bonds. The van der Waals surface area contributed by atoms with Crippen molar-refractivity contribution >= 4 is 11.6 Å². The highest BCUT2D eigenvalue weighted by Crippen LogP contribution is 2.40. The van der Waals surface area contributed by atoms with E-state index in [1.54, 1.807) is 4.90 Å².